The highest BCUT2D eigenvalue weighted by molar-refractivity contribution is 7.99. The van der Waals surface area contributed by atoms with Crippen LogP contribution in [0.15, 0.2) is 11.2 Å². The fraction of sp³-hybridized carbons (Fsp3) is 0.600. The highest BCUT2D eigenvalue weighted by Gasteiger charge is 2.18. The number of nitrogens with zero attached hydrogens (tertiary/aromatic N) is 2. The zero-order chi connectivity index (χ0) is 15.9. The second-order valence-corrected chi connectivity index (χ2v) is 6.37. The Bertz CT molecular complexity index is 525. The lowest BCUT2D eigenvalue weighted by Gasteiger charge is -2.11. The number of amides is 1. The Morgan fingerprint density at radius 2 is 1.91 bits per heavy atom. The molecule has 7 heteroatoms. The van der Waals surface area contributed by atoms with Gasteiger partial charge >= 0.3 is 5.97 Å². The summed E-state index contributed by atoms with van der Waals surface area (Å²) >= 11 is 1.21. The van der Waals surface area contributed by atoms with E-state index in [1.165, 1.54) is 11.8 Å². The molecule has 0 saturated heterocycles. The van der Waals surface area contributed by atoms with Crippen molar-refractivity contribution in [1.82, 2.24) is 15.3 Å². The fourth-order valence-electron chi connectivity index (χ4n) is 2.41. The Morgan fingerprint density at radius 1 is 1.27 bits per heavy atom. The van der Waals surface area contributed by atoms with E-state index in [1.54, 1.807) is 0 Å². The van der Waals surface area contributed by atoms with Gasteiger partial charge in [0.1, 0.15) is 0 Å². The second-order valence-electron chi connectivity index (χ2n) is 5.43. The number of hydrogen-bond acceptors (Lipinski definition) is 6. The van der Waals surface area contributed by atoms with Crippen LogP contribution >= 0.6 is 11.8 Å². The second kappa shape index (κ2) is 8.12. The molecule has 1 aliphatic carbocycles. The maximum Gasteiger partial charge on any atom is 0.316 e. The van der Waals surface area contributed by atoms with E-state index in [1.807, 2.05) is 19.9 Å². The lowest BCUT2D eigenvalue weighted by atomic mass is 10.2. The quantitative estimate of drug-likeness (QED) is 0.488. The first-order chi connectivity index (χ1) is 10.5. The van der Waals surface area contributed by atoms with Gasteiger partial charge in [0.15, 0.2) is 11.8 Å². The summed E-state index contributed by atoms with van der Waals surface area (Å²) in [7, 11) is 0. The molecule has 1 aromatic heterocycles. The smallest absolute Gasteiger partial charge is 0.316 e. The van der Waals surface area contributed by atoms with Gasteiger partial charge in [0.05, 0.1) is 5.75 Å². The summed E-state index contributed by atoms with van der Waals surface area (Å²) in [5.74, 6) is -0.568. The molecular weight excluding hydrogens is 302 g/mol. The molecule has 6 nitrogen and oxygen atoms in total. The summed E-state index contributed by atoms with van der Waals surface area (Å²) in [6, 6.07) is 2.11. The summed E-state index contributed by atoms with van der Waals surface area (Å²) in [5, 5.41) is 3.42. The molecule has 1 heterocycles. The number of carbonyl (C=O) groups is 2. The lowest BCUT2D eigenvalue weighted by Crippen LogP contribution is -2.36. The minimum atomic E-state index is -0.436. The van der Waals surface area contributed by atoms with Crippen molar-refractivity contribution in [1.29, 1.82) is 0 Å². The van der Waals surface area contributed by atoms with Gasteiger partial charge < -0.3 is 10.1 Å². The highest BCUT2D eigenvalue weighted by atomic mass is 32.2. The van der Waals surface area contributed by atoms with Gasteiger partial charge in [-0.3, -0.25) is 9.59 Å². The number of rotatable bonds is 6. The third-order valence-electron chi connectivity index (χ3n) is 3.37. The normalized spacial score (nSPS) is 14.8. The third-order valence-corrected chi connectivity index (χ3v) is 4.19. The molecule has 0 aromatic carbocycles. The van der Waals surface area contributed by atoms with Crippen molar-refractivity contribution >= 4 is 23.6 Å². The summed E-state index contributed by atoms with van der Waals surface area (Å²) in [4.78, 5) is 31.8. The molecule has 22 heavy (non-hydrogen) atoms. The lowest BCUT2D eigenvalue weighted by molar-refractivity contribution is -0.146. The van der Waals surface area contributed by atoms with Crippen LogP contribution in [-0.4, -0.2) is 40.2 Å². The first kappa shape index (κ1) is 16.7. The monoisotopic (exact) mass is 323 g/mol. The zero-order valence-corrected chi connectivity index (χ0v) is 13.7. The van der Waals surface area contributed by atoms with E-state index in [2.05, 4.69) is 15.3 Å². The number of nitrogens with one attached hydrogen (secondary N) is 1. The van der Waals surface area contributed by atoms with Gasteiger partial charge in [-0.1, -0.05) is 24.6 Å². The molecule has 1 saturated carbocycles. The Kier molecular flexibility index (Phi) is 6.18. The molecule has 120 valence electrons. The zero-order valence-electron chi connectivity index (χ0n) is 12.9. The molecule has 0 spiro atoms. The van der Waals surface area contributed by atoms with Crippen molar-refractivity contribution in [3.05, 3.63) is 17.5 Å². The van der Waals surface area contributed by atoms with Crippen LogP contribution in [0.25, 0.3) is 0 Å². The molecular formula is C15H21N3O3S. The standard InChI is InChI=1S/C15H21N3O3S/c1-10-7-11(2)17-15(16-10)22-9-14(20)21-8-13(19)18-12-5-3-4-6-12/h7,12H,3-6,8-9H2,1-2H3,(H,18,19). The average Bonchev–Trinajstić information content (AvgIpc) is 2.95. The maximum atomic E-state index is 11.6. The molecule has 1 aliphatic rings. The molecule has 2 rings (SSSR count). The van der Waals surface area contributed by atoms with Gasteiger partial charge in [0, 0.05) is 17.4 Å². The van der Waals surface area contributed by atoms with Crippen LogP contribution < -0.4 is 5.32 Å². The molecule has 0 atom stereocenters. The third kappa shape index (κ3) is 5.63. The number of ether oxygens (including phenoxy) is 1. The summed E-state index contributed by atoms with van der Waals surface area (Å²) in [6.45, 7) is 3.54. The van der Waals surface area contributed by atoms with Crippen LogP contribution in [0.4, 0.5) is 0 Å². The molecule has 0 unspecified atom stereocenters. The van der Waals surface area contributed by atoms with Crippen LogP contribution in [-0.2, 0) is 14.3 Å². The van der Waals surface area contributed by atoms with Crippen molar-refractivity contribution in [2.24, 2.45) is 0 Å². The van der Waals surface area contributed by atoms with Gasteiger partial charge in [-0.2, -0.15) is 0 Å². The minimum absolute atomic E-state index is 0.0968. The Hall–Kier alpha value is -1.63. The first-order valence-electron chi connectivity index (χ1n) is 7.43. The number of aromatic nitrogens is 2. The number of thioether (sulfide) groups is 1. The predicted octanol–water partition coefficient (Wildman–Crippen LogP) is 1.79. The van der Waals surface area contributed by atoms with Gasteiger partial charge in [0.2, 0.25) is 0 Å². The molecule has 0 radical (unpaired) electrons. The number of carbonyl (C=O) groups excluding carboxylic acids is 2. The van der Waals surface area contributed by atoms with Crippen LogP contribution in [0.1, 0.15) is 37.1 Å². The molecule has 1 amide bonds. The predicted molar refractivity (Wildman–Crippen MR) is 83.6 cm³/mol. The topological polar surface area (TPSA) is 81.2 Å². The van der Waals surface area contributed by atoms with Gasteiger partial charge in [-0.25, -0.2) is 9.97 Å². The number of hydrogen-bond donors (Lipinski definition) is 1. The Morgan fingerprint density at radius 3 is 2.55 bits per heavy atom. The molecule has 1 fully saturated rings. The molecule has 1 aromatic rings. The average molecular weight is 323 g/mol. The van der Waals surface area contributed by atoms with E-state index in [4.69, 9.17) is 4.74 Å². The largest absolute Gasteiger partial charge is 0.455 e. The van der Waals surface area contributed by atoms with Gasteiger partial charge in [-0.05, 0) is 32.8 Å². The summed E-state index contributed by atoms with van der Waals surface area (Å²) < 4.78 is 4.97. The van der Waals surface area contributed by atoms with Crippen LogP contribution in [0.3, 0.4) is 0 Å². The van der Waals surface area contributed by atoms with Crippen molar-refractivity contribution < 1.29 is 14.3 Å². The minimum Gasteiger partial charge on any atom is -0.455 e. The van der Waals surface area contributed by atoms with Crippen molar-refractivity contribution in [2.75, 3.05) is 12.4 Å². The van der Waals surface area contributed by atoms with Crippen molar-refractivity contribution in [3.8, 4) is 0 Å². The van der Waals surface area contributed by atoms with Crippen LogP contribution in [0.5, 0.6) is 0 Å². The Balaban J connectivity index is 1.67. The number of esters is 1. The van der Waals surface area contributed by atoms with E-state index >= 15 is 0 Å². The highest BCUT2D eigenvalue weighted by Crippen LogP contribution is 2.17. The summed E-state index contributed by atoms with van der Waals surface area (Å²) in [6.07, 6.45) is 4.33. The van der Waals surface area contributed by atoms with Crippen molar-refractivity contribution in [2.45, 2.75) is 50.7 Å². The van der Waals surface area contributed by atoms with Crippen molar-refractivity contribution in [3.63, 3.8) is 0 Å². The van der Waals surface area contributed by atoms with Gasteiger partial charge in [0.25, 0.3) is 5.91 Å². The Labute approximate surface area is 134 Å². The van der Waals surface area contributed by atoms with Crippen LogP contribution in [0.2, 0.25) is 0 Å². The van der Waals surface area contributed by atoms with E-state index in [0.717, 1.165) is 37.1 Å². The van der Waals surface area contributed by atoms with Gasteiger partial charge in [-0.15, -0.1) is 0 Å². The SMILES string of the molecule is Cc1cc(C)nc(SCC(=O)OCC(=O)NC2CCCC2)n1. The fourth-order valence-corrected chi connectivity index (χ4v) is 3.16. The number of aryl methyl sites for hydroxylation is 2. The maximum absolute atomic E-state index is 11.6. The van der Waals surface area contributed by atoms with E-state index in [0.29, 0.717) is 5.16 Å². The van der Waals surface area contributed by atoms with E-state index in [-0.39, 0.29) is 24.3 Å². The molecule has 0 bridgehead atoms. The van der Waals surface area contributed by atoms with E-state index in [9.17, 15) is 9.59 Å². The molecule has 1 N–H and O–H groups in total. The van der Waals surface area contributed by atoms with E-state index < -0.39 is 5.97 Å². The summed E-state index contributed by atoms with van der Waals surface area (Å²) in [5.41, 5.74) is 1.72. The van der Waals surface area contributed by atoms with Crippen LogP contribution in [0, 0.1) is 13.8 Å². The first-order valence-corrected chi connectivity index (χ1v) is 8.41. The molecule has 0 aliphatic heterocycles.